The van der Waals surface area contributed by atoms with Gasteiger partial charge < -0.3 is 14.6 Å². The monoisotopic (exact) mass is 554 g/mol. The molecule has 2 fully saturated rings. The molecule has 3 aromatic carbocycles. The maximum Gasteiger partial charge on any atom is 0.415 e. The van der Waals surface area contributed by atoms with E-state index in [0.29, 0.717) is 38.2 Å². The van der Waals surface area contributed by atoms with Gasteiger partial charge in [0.15, 0.2) is 0 Å². The highest BCUT2D eigenvalue weighted by atomic mass is 16.6. The molecule has 4 aromatic rings. The van der Waals surface area contributed by atoms with E-state index in [9.17, 15) is 14.7 Å². The molecule has 1 spiro atoms. The summed E-state index contributed by atoms with van der Waals surface area (Å²) in [5, 5.41) is 15.2. The molecule has 1 aromatic heterocycles. The molecule has 0 radical (unpaired) electrons. The molecule has 212 valence electrons. The second-order valence-corrected chi connectivity index (χ2v) is 11.2. The third-order valence-electron chi connectivity index (χ3n) is 8.03. The van der Waals surface area contributed by atoms with E-state index < -0.39 is 11.6 Å². The Morgan fingerprint density at radius 3 is 2.44 bits per heavy atom. The predicted octanol–water partition coefficient (Wildman–Crippen LogP) is 5.89. The van der Waals surface area contributed by atoms with Gasteiger partial charge in [-0.25, -0.2) is 9.59 Å². The summed E-state index contributed by atoms with van der Waals surface area (Å²) >= 11 is 0. The number of hydrogen-bond donors (Lipinski definition) is 1. The van der Waals surface area contributed by atoms with Crippen LogP contribution in [0.5, 0.6) is 5.75 Å². The van der Waals surface area contributed by atoms with E-state index in [0.717, 1.165) is 41.0 Å². The van der Waals surface area contributed by atoms with Gasteiger partial charge in [0.25, 0.3) is 0 Å². The van der Waals surface area contributed by atoms with Crippen molar-refractivity contribution in [1.82, 2.24) is 14.7 Å². The summed E-state index contributed by atoms with van der Waals surface area (Å²) in [5.74, 6) is -0.165. The second-order valence-electron chi connectivity index (χ2n) is 11.2. The number of aromatic carboxylic acids is 1. The number of rotatable bonds is 8. The SMILES string of the molecule is CC(C)n1nc(CN2CCC3(CC2)CN(c2ccc(C(=O)O)cc2)C(=O)O3)c2c(OCc3ccccc3)cccc21. The van der Waals surface area contributed by atoms with Crippen LogP contribution in [0.25, 0.3) is 10.9 Å². The zero-order valence-electron chi connectivity index (χ0n) is 23.3. The van der Waals surface area contributed by atoms with Gasteiger partial charge in [-0.3, -0.25) is 14.5 Å². The summed E-state index contributed by atoms with van der Waals surface area (Å²) < 4.78 is 14.3. The standard InChI is InChI=1S/C32H34N4O5/c1-22(2)36-27-9-6-10-28(40-20-23-7-4-3-5-8-23)29(27)26(33-36)19-34-17-15-32(16-18-34)21-35(31(39)41-32)25-13-11-24(12-14-25)30(37)38/h3-14,22H,15-21H2,1-2H3,(H,37,38). The average Bonchev–Trinajstić information content (AvgIpc) is 3.51. The number of amides is 1. The third kappa shape index (κ3) is 5.37. The summed E-state index contributed by atoms with van der Waals surface area (Å²) in [6.45, 7) is 7.41. The normalized spacial score (nSPS) is 17.0. The van der Waals surface area contributed by atoms with Crippen LogP contribution in [0.4, 0.5) is 10.5 Å². The molecular weight excluding hydrogens is 520 g/mol. The Kier molecular flexibility index (Phi) is 7.13. The Labute approximate surface area is 238 Å². The third-order valence-corrected chi connectivity index (χ3v) is 8.03. The number of hydrogen-bond acceptors (Lipinski definition) is 6. The fourth-order valence-corrected chi connectivity index (χ4v) is 5.79. The van der Waals surface area contributed by atoms with Gasteiger partial charge in [-0.1, -0.05) is 36.4 Å². The Morgan fingerprint density at radius 2 is 1.76 bits per heavy atom. The van der Waals surface area contributed by atoms with Crippen LogP contribution in [-0.2, 0) is 17.9 Å². The van der Waals surface area contributed by atoms with Crippen LogP contribution in [0.15, 0.2) is 72.8 Å². The first-order valence-electron chi connectivity index (χ1n) is 14.0. The topological polar surface area (TPSA) is 97.1 Å². The minimum absolute atomic E-state index is 0.186. The van der Waals surface area contributed by atoms with Gasteiger partial charge in [-0.05, 0) is 55.8 Å². The lowest BCUT2D eigenvalue weighted by molar-refractivity contribution is -0.00121. The van der Waals surface area contributed by atoms with Crippen LogP contribution in [-0.4, -0.2) is 57.1 Å². The van der Waals surface area contributed by atoms with Gasteiger partial charge in [-0.15, -0.1) is 0 Å². The summed E-state index contributed by atoms with van der Waals surface area (Å²) in [4.78, 5) is 28.0. The number of benzene rings is 3. The Bertz CT molecular complexity index is 1560. The van der Waals surface area contributed by atoms with Gasteiger partial charge in [0.05, 0.1) is 28.7 Å². The number of carbonyl (C=O) groups excluding carboxylic acids is 1. The fourth-order valence-electron chi connectivity index (χ4n) is 5.79. The van der Waals surface area contributed by atoms with Crippen LogP contribution in [0.2, 0.25) is 0 Å². The van der Waals surface area contributed by atoms with Crippen molar-refractivity contribution in [2.24, 2.45) is 0 Å². The quantitative estimate of drug-likeness (QED) is 0.290. The zero-order chi connectivity index (χ0) is 28.6. The van der Waals surface area contributed by atoms with Crippen molar-refractivity contribution in [3.8, 4) is 5.75 Å². The van der Waals surface area contributed by atoms with Crippen molar-refractivity contribution in [1.29, 1.82) is 0 Å². The molecule has 6 rings (SSSR count). The van der Waals surface area contributed by atoms with Crippen molar-refractivity contribution in [3.63, 3.8) is 0 Å². The number of ether oxygens (including phenoxy) is 2. The number of aromatic nitrogens is 2. The molecule has 3 heterocycles. The van der Waals surface area contributed by atoms with Crippen LogP contribution in [0, 0.1) is 0 Å². The lowest BCUT2D eigenvalue weighted by atomic mass is 9.91. The first kappa shape index (κ1) is 26.8. The van der Waals surface area contributed by atoms with E-state index in [4.69, 9.17) is 14.6 Å². The molecule has 1 N–H and O–H groups in total. The molecule has 41 heavy (non-hydrogen) atoms. The van der Waals surface area contributed by atoms with Crippen molar-refractivity contribution in [2.75, 3.05) is 24.5 Å². The molecule has 2 aliphatic rings. The number of piperidine rings is 1. The smallest absolute Gasteiger partial charge is 0.415 e. The van der Waals surface area contributed by atoms with Crippen molar-refractivity contribution in [2.45, 2.75) is 51.5 Å². The van der Waals surface area contributed by atoms with Gasteiger partial charge in [0, 0.05) is 44.2 Å². The van der Waals surface area contributed by atoms with Crippen LogP contribution < -0.4 is 9.64 Å². The fraction of sp³-hybridized carbons (Fsp3) is 0.344. The van der Waals surface area contributed by atoms with E-state index in [1.165, 1.54) is 12.1 Å². The van der Waals surface area contributed by atoms with E-state index >= 15 is 0 Å². The summed E-state index contributed by atoms with van der Waals surface area (Å²) in [6, 6.07) is 22.8. The summed E-state index contributed by atoms with van der Waals surface area (Å²) in [5.41, 5.74) is 3.43. The van der Waals surface area contributed by atoms with Gasteiger partial charge in [0.2, 0.25) is 0 Å². The summed E-state index contributed by atoms with van der Waals surface area (Å²) in [6.07, 6.45) is 1.04. The number of nitrogens with zero attached hydrogens (tertiary/aromatic N) is 4. The van der Waals surface area contributed by atoms with Crippen molar-refractivity contribution >= 4 is 28.7 Å². The van der Waals surface area contributed by atoms with Crippen LogP contribution in [0.3, 0.4) is 0 Å². The van der Waals surface area contributed by atoms with Gasteiger partial charge >= 0.3 is 12.1 Å². The van der Waals surface area contributed by atoms with Crippen molar-refractivity contribution < 1.29 is 24.2 Å². The molecule has 0 saturated carbocycles. The highest BCUT2D eigenvalue weighted by molar-refractivity contribution is 5.92. The molecule has 0 bridgehead atoms. The maximum atomic E-state index is 12.8. The average molecular weight is 555 g/mol. The number of anilines is 1. The number of carbonyl (C=O) groups is 2. The summed E-state index contributed by atoms with van der Waals surface area (Å²) in [7, 11) is 0. The molecule has 0 unspecified atom stereocenters. The first-order chi connectivity index (χ1) is 19.8. The molecular formula is C32H34N4O5. The Hall–Kier alpha value is -4.37. The molecule has 9 heteroatoms. The molecule has 2 saturated heterocycles. The molecule has 0 atom stereocenters. The van der Waals surface area contributed by atoms with E-state index in [1.54, 1.807) is 17.0 Å². The lowest BCUT2D eigenvalue weighted by Crippen LogP contribution is -2.46. The Morgan fingerprint density at radius 1 is 1.02 bits per heavy atom. The highest BCUT2D eigenvalue weighted by Crippen LogP contribution is 2.37. The zero-order valence-corrected chi connectivity index (χ0v) is 23.3. The predicted molar refractivity (Wildman–Crippen MR) is 155 cm³/mol. The maximum absolute atomic E-state index is 12.8. The minimum atomic E-state index is -0.995. The molecule has 0 aliphatic carbocycles. The molecule has 2 aliphatic heterocycles. The van der Waals surface area contributed by atoms with Crippen molar-refractivity contribution in [3.05, 3.63) is 89.6 Å². The second kappa shape index (κ2) is 10.9. The molecule has 9 nitrogen and oxygen atoms in total. The first-order valence-corrected chi connectivity index (χ1v) is 14.0. The van der Waals surface area contributed by atoms with Crippen LogP contribution in [0.1, 0.15) is 54.3 Å². The lowest BCUT2D eigenvalue weighted by Gasteiger charge is -2.37. The number of likely N-dealkylation sites (tertiary alicyclic amines) is 1. The number of fused-ring (bicyclic) bond motifs is 1. The minimum Gasteiger partial charge on any atom is -0.488 e. The van der Waals surface area contributed by atoms with Crippen LogP contribution >= 0.6 is 0 Å². The van der Waals surface area contributed by atoms with E-state index in [2.05, 4.69) is 41.6 Å². The number of carboxylic acids is 1. The van der Waals surface area contributed by atoms with Gasteiger partial charge in [-0.2, -0.15) is 5.10 Å². The highest BCUT2D eigenvalue weighted by Gasteiger charge is 2.47. The molecule has 1 amide bonds. The largest absolute Gasteiger partial charge is 0.488 e. The van der Waals surface area contributed by atoms with E-state index in [1.807, 2.05) is 30.3 Å². The Balaban J connectivity index is 1.17. The van der Waals surface area contributed by atoms with Gasteiger partial charge in [0.1, 0.15) is 18.0 Å². The van der Waals surface area contributed by atoms with E-state index in [-0.39, 0.29) is 17.7 Å². The number of carboxylic acid groups (broad SMARTS) is 1.